The van der Waals surface area contributed by atoms with E-state index in [-0.39, 0.29) is 11.5 Å². The standard InChI is InChI=1S/C25H29FN2O5/c1-31-22(29)20-8-7-18(17-21(20)26)24(9-10-24)28-23(30)25(11-14-32-15-12-25)27-13-16-33-19-5-3-2-4-6-19/h2-8,17,27H,9-16H2,1H3,(H,28,30). The molecule has 176 valence electrons. The molecule has 8 heteroatoms. The van der Waals surface area contributed by atoms with Gasteiger partial charge in [0.15, 0.2) is 0 Å². The largest absolute Gasteiger partial charge is 0.492 e. The van der Waals surface area contributed by atoms with E-state index in [1.165, 1.54) is 19.2 Å². The minimum atomic E-state index is -0.779. The Bertz CT molecular complexity index is 988. The van der Waals surface area contributed by atoms with Crippen molar-refractivity contribution >= 4 is 11.9 Å². The monoisotopic (exact) mass is 456 g/mol. The quantitative estimate of drug-likeness (QED) is 0.446. The Morgan fingerprint density at radius 3 is 2.42 bits per heavy atom. The molecule has 1 aliphatic heterocycles. The SMILES string of the molecule is COC(=O)c1ccc(C2(NC(=O)C3(NCCOc4ccccc4)CCOCC3)CC2)cc1F. The van der Waals surface area contributed by atoms with Gasteiger partial charge in [-0.25, -0.2) is 9.18 Å². The van der Waals surface area contributed by atoms with Crippen molar-refractivity contribution in [3.05, 3.63) is 65.5 Å². The number of para-hydroxylation sites is 1. The molecule has 33 heavy (non-hydrogen) atoms. The minimum Gasteiger partial charge on any atom is -0.492 e. The van der Waals surface area contributed by atoms with Gasteiger partial charge in [0, 0.05) is 19.8 Å². The maximum Gasteiger partial charge on any atom is 0.340 e. The third-order valence-corrected chi connectivity index (χ3v) is 6.39. The fourth-order valence-electron chi connectivity index (χ4n) is 4.22. The zero-order valence-electron chi connectivity index (χ0n) is 18.7. The lowest BCUT2D eigenvalue weighted by Crippen LogP contribution is -2.61. The van der Waals surface area contributed by atoms with Crippen molar-refractivity contribution in [2.24, 2.45) is 0 Å². The Kier molecular flexibility index (Phi) is 6.95. The fourth-order valence-corrected chi connectivity index (χ4v) is 4.22. The summed E-state index contributed by atoms with van der Waals surface area (Å²) < 4.78 is 30.4. The number of esters is 1. The van der Waals surface area contributed by atoms with Crippen LogP contribution in [0.3, 0.4) is 0 Å². The number of hydrogen-bond donors (Lipinski definition) is 2. The summed E-state index contributed by atoms with van der Waals surface area (Å²) in [5, 5.41) is 6.56. The normalized spacial score (nSPS) is 18.2. The van der Waals surface area contributed by atoms with Gasteiger partial charge in [-0.15, -0.1) is 0 Å². The van der Waals surface area contributed by atoms with E-state index in [1.54, 1.807) is 6.07 Å². The predicted octanol–water partition coefficient (Wildman–Crippen LogP) is 2.94. The summed E-state index contributed by atoms with van der Waals surface area (Å²) in [4.78, 5) is 25.2. The zero-order chi connectivity index (χ0) is 23.3. The molecule has 1 saturated heterocycles. The Labute approximate surface area is 192 Å². The van der Waals surface area contributed by atoms with Gasteiger partial charge in [-0.05, 0) is 55.5 Å². The van der Waals surface area contributed by atoms with Crippen LogP contribution in [0.2, 0.25) is 0 Å². The lowest BCUT2D eigenvalue weighted by molar-refractivity contribution is -0.133. The maximum absolute atomic E-state index is 14.5. The summed E-state index contributed by atoms with van der Waals surface area (Å²) in [6, 6.07) is 13.9. The summed E-state index contributed by atoms with van der Waals surface area (Å²) in [6.45, 7) is 1.88. The molecule has 2 fully saturated rings. The molecule has 4 rings (SSSR count). The van der Waals surface area contributed by atoms with Crippen LogP contribution in [0.1, 0.15) is 41.6 Å². The average Bonchev–Trinajstić information content (AvgIpc) is 3.63. The van der Waals surface area contributed by atoms with Crippen LogP contribution in [-0.4, -0.2) is 50.9 Å². The van der Waals surface area contributed by atoms with Crippen LogP contribution in [0.4, 0.5) is 4.39 Å². The van der Waals surface area contributed by atoms with Crippen molar-refractivity contribution in [1.29, 1.82) is 0 Å². The molecular formula is C25H29FN2O5. The van der Waals surface area contributed by atoms with Crippen LogP contribution in [0, 0.1) is 5.82 Å². The lowest BCUT2D eigenvalue weighted by atomic mass is 9.88. The number of methoxy groups -OCH3 is 1. The number of halogens is 1. The minimum absolute atomic E-state index is 0.121. The number of benzene rings is 2. The van der Waals surface area contributed by atoms with Gasteiger partial charge in [-0.1, -0.05) is 24.3 Å². The van der Waals surface area contributed by atoms with Crippen molar-refractivity contribution in [3.8, 4) is 5.75 Å². The van der Waals surface area contributed by atoms with Gasteiger partial charge < -0.3 is 19.5 Å². The van der Waals surface area contributed by atoms with Crippen molar-refractivity contribution < 1.29 is 28.2 Å². The average molecular weight is 457 g/mol. The highest BCUT2D eigenvalue weighted by atomic mass is 19.1. The second kappa shape index (κ2) is 9.89. The number of amides is 1. The summed E-state index contributed by atoms with van der Waals surface area (Å²) in [5.74, 6) is -0.729. The van der Waals surface area contributed by atoms with Crippen molar-refractivity contribution in [2.45, 2.75) is 36.8 Å². The topological polar surface area (TPSA) is 85.9 Å². The Morgan fingerprint density at radius 2 is 1.79 bits per heavy atom. The summed E-state index contributed by atoms with van der Waals surface area (Å²) in [5.41, 5.74) is -0.877. The van der Waals surface area contributed by atoms with Crippen LogP contribution in [0.5, 0.6) is 5.75 Å². The molecule has 7 nitrogen and oxygen atoms in total. The van der Waals surface area contributed by atoms with Crippen molar-refractivity contribution in [1.82, 2.24) is 10.6 Å². The van der Waals surface area contributed by atoms with E-state index in [4.69, 9.17) is 9.47 Å². The number of hydrogen-bond acceptors (Lipinski definition) is 6. The number of rotatable bonds is 9. The van der Waals surface area contributed by atoms with E-state index < -0.39 is 22.9 Å². The van der Waals surface area contributed by atoms with E-state index in [0.29, 0.717) is 57.6 Å². The van der Waals surface area contributed by atoms with Crippen LogP contribution in [-0.2, 0) is 19.8 Å². The lowest BCUT2D eigenvalue weighted by Gasteiger charge is -2.38. The first-order chi connectivity index (χ1) is 16.0. The number of nitrogens with one attached hydrogen (secondary N) is 2. The molecule has 1 heterocycles. The van der Waals surface area contributed by atoms with E-state index in [1.807, 2.05) is 30.3 Å². The van der Waals surface area contributed by atoms with Gasteiger partial charge in [0.05, 0.1) is 18.2 Å². The molecule has 1 amide bonds. The molecule has 0 radical (unpaired) electrons. The van der Waals surface area contributed by atoms with Crippen LogP contribution in [0.15, 0.2) is 48.5 Å². The number of carbonyl (C=O) groups is 2. The van der Waals surface area contributed by atoms with Gasteiger partial charge in [-0.2, -0.15) is 0 Å². The van der Waals surface area contributed by atoms with Crippen molar-refractivity contribution in [3.63, 3.8) is 0 Å². The summed E-state index contributed by atoms with van der Waals surface area (Å²) >= 11 is 0. The molecule has 0 bridgehead atoms. The highest BCUT2D eigenvalue weighted by Crippen LogP contribution is 2.46. The third-order valence-electron chi connectivity index (χ3n) is 6.39. The Morgan fingerprint density at radius 1 is 1.06 bits per heavy atom. The predicted molar refractivity (Wildman–Crippen MR) is 120 cm³/mol. The summed E-state index contributed by atoms with van der Waals surface area (Å²) in [7, 11) is 1.21. The first-order valence-corrected chi connectivity index (χ1v) is 11.2. The molecule has 2 aliphatic rings. The van der Waals surface area contributed by atoms with Gasteiger partial charge in [0.25, 0.3) is 0 Å². The maximum atomic E-state index is 14.5. The van der Waals surface area contributed by atoms with Crippen molar-refractivity contribution in [2.75, 3.05) is 33.5 Å². The van der Waals surface area contributed by atoms with E-state index >= 15 is 0 Å². The third kappa shape index (κ3) is 5.17. The van der Waals surface area contributed by atoms with E-state index in [0.717, 1.165) is 5.75 Å². The van der Waals surface area contributed by atoms with Gasteiger partial charge in [-0.3, -0.25) is 10.1 Å². The molecule has 2 aromatic carbocycles. The fraction of sp³-hybridized carbons (Fsp3) is 0.440. The number of ether oxygens (including phenoxy) is 3. The first kappa shape index (κ1) is 23.2. The molecule has 1 aliphatic carbocycles. The number of carbonyl (C=O) groups excluding carboxylic acids is 2. The van der Waals surface area contributed by atoms with Crippen LogP contribution >= 0.6 is 0 Å². The molecular weight excluding hydrogens is 427 g/mol. The zero-order valence-corrected chi connectivity index (χ0v) is 18.7. The van der Waals surface area contributed by atoms with Gasteiger partial charge in [0.1, 0.15) is 23.7 Å². The summed E-state index contributed by atoms with van der Waals surface area (Å²) in [6.07, 6.45) is 2.49. The highest BCUT2D eigenvalue weighted by molar-refractivity contribution is 5.90. The second-order valence-electron chi connectivity index (χ2n) is 8.51. The molecule has 2 N–H and O–H groups in total. The smallest absolute Gasteiger partial charge is 0.340 e. The second-order valence-corrected chi connectivity index (χ2v) is 8.51. The molecule has 0 aromatic heterocycles. The van der Waals surface area contributed by atoms with Gasteiger partial charge >= 0.3 is 5.97 Å². The molecule has 0 spiro atoms. The highest BCUT2D eigenvalue weighted by Gasteiger charge is 2.50. The molecule has 0 atom stereocenters. The Balaban J connectivity index is 1.42. The molecule has 2 aromatic rings. The van der Waals surface area contributed by atoms with Crippen LogP contribution in [0.25, 0.3) is 0 Å². The Hall–Kier alpha value is -2.97. The van der Waals surface area contributed by atoms with E-state index in [2.05, 4.69) is 15.4 Å². The van der Waals surface area contributed by atoms with E-state index in [9.17, 15) is 14.0 Å². The first-order valence-electron chi connectivity index (χ1n) is 11.2. The van der Waals surface area contributed by atoms with Crippen LogP contribution < -0.4 is 15.4 Å². The molecule has 1 saturated carbocycles. The molecule has 0 unspecified atom stereocenters. The van der Waals surface area contributed by atoms with Gasteiger partial charge in [0.2, 0.25) is 5.91 Å².